The van der Waals surface area contributed by atoms with Crippen LogP contribution in [-0.2, 0) is 11.3 Å². The Kier molecular flexibility index (Phi) is 3.66. The number of rotatable bonds is 3. The molecule has 2 N–H and O–H groups in total. The van der Waals surface area contributed by atoms with Gasteiger partial charge in [-0.15, -0.1) is 11.8 Å². The maximum atomic E-state index is 12.1. The van der Waals surface area contributed by atoms with E-state index in [0.717, 1.165) is 10.7 Å². The van der Waals surface area contributed by atoms with E-state index in [1.807, 2.05) is 19.1 Å². The van der Waals surface area contributed by atoms with Crippen LogP contribution in [0, 0.1) is 6.92 Å². The Bertz CT molecular complexity index is 711. The number of anilines is 1. The number of furan rings is 1. The highest BCUT2D eigenvalue weighted by Crippen LogP contribution is 2.29. The van der Waals surface area contributed by atoms with E-state index in [2.05, 4.69) is 15.6 Å². The number of nitrogens with zero attached hydrogens (tertiary/aromatic N) is 1. The van der Waals surface area contributed by atoms with E-state index < -0.39 is 0 Å². The number of carbonyl (C=O) groups is 2. The van der Waals surface area contributed by atoms with Gasteiger partial charge in [-0.1, -0.05) is 0 Å². The second-order valence-corrected chi connectivity index (χ2v) is 5.59. The van der Waals surface area contributed by atoms with E-state index in [1.54, 1.807) is 12.1 Å². The van der Waals surface area contributed by atoms with Crippen molar-refractivity contribution in [3.63, 3.8) is 0 Å². The summed E-state index contributed by atoms with van der Waals surface area (Å²) < 4.78 is 5.38. The summed E-state index contributed by atoms with van der Waals surface area (Å²) in [6, 6.07) is 7.09. The third kappa shape index (κ3) is 3.08. The molecule has 6 nitrogen and oxygen atoms in total. The number of thioether (sulfide) groups is 1. The summed E-state index contributed by atoms with van der Waals surface area (Å²) in [4.78, 5) is 28.4. The average molecular weight is 303 g/mol. The maximum absolute atomic E-state index is 12.1. The van der Waals surface area contributed by atoms with Crippen molar-refractivity contribution in [3.05, 3.63) is 41.5 Å². The van der Waals surface area contributed by atoms with E-state index in [-0.39, 0.29) is 17.5 Å². The van der Waals surface area contributed by atoms with E-state index in [1.165, 1.54) is 11.8 Å². The van der Waals surface area contributed by atoms with Crippen molar-refractivity contribution in [3.8, 4) is 0 Å². The topological polar surface area (TPSA) is 84.2 Å². The van der Waals surface area contributed by atoms with Gasteiger partial charge in [0, 0.05) is 0 Å². The third-order valence-corrected chi connectivity index (χ3v) is 3.97. The van der Waals surface area contributed by atoms with E-state index >= 15 is 0 Å². The van der Waals surface area contributed by atoms with Crippen molar-refractivity contribution in [2.45, 2.75) is 18.4 Å². The molecule has 108 valence electrons. The lowest BCUT2D eigenvalue weighted by atomic mass is 10.3. The van der Waals surface area contributed by atoms with Gasteiger partial charge in [0.1, 0.15) is 23.0 Å². The molecule has 3 heterocycles. The highest BCUT2D eigenvalue weighted by Gasteiger charge is 2.18. The van der Waals surface area contributed by atoms with Crippen molar-refractivity contribution in [1.82, 2.24) is 10.3 Å². The molecule has 0 unspecified atom stereocenters. The van der Waals surface area contributed by atoms with Gasteiger partial charge in [-0.05, 0) is 31.2 Å². The smallest absolute Gasteiger partial charge is 0.270 e. The molecule has 2 aromatic heterocycles. The second-order valence-electron chi connectivity index (χ2n) is 4.58. The first-order valence-corrected chi connectivity index (χ1v) is 7.37. The zero-order valence-corrected chi connectivity index (χ0v) is 12.1. The predicted molar refractivity (Wildman–Crippen MR) is 78.2 cm³/mol. The van der Waals surface area contributed by atoms with Crippen LogP contribution in [0.25, 0.3) is 0 Å². The molecular weight excluding hydrogens is 290 g/mol. The minimum absolute atomic E-state index is 0.108. The lowest BCUT2D eigenvalue weighted by Crippen LogP contribution is -2.25. The minimum Gasteiger partial charge on any atom is -0.465 e. The van der Waals surface area contributed by atoms with Crippen LogP contribution in [0.2, 0.25) is 0 Å². The number of fused-ring (bicyclic) bond motifs is 1. The molecule has 21 heavy (non-hydrogen) atoms. The zero-order valence-electron chi connectivity index (χ0n) is 11.3. The summed E-state index contributed by atoms with van der Waals surface area (Å²) in [5, 5.41) is 5.39. The molecule has 0 spiro atoms. The van der Waals surface area contributed by atoms with Crippen LogP contribution in [0.4, 0.5) is 5.82 Å². The van der Waals surface area contributed by atoms with Gasteiger partial charge in [-0.25, -0.2) is 4.98 Å². The van der Waals surface area contributed by atoms with Gasteiger partial charge in [0.15, 0.2) is 0 Å². The highest BCUT2D eigenvalue weighted by atomic mass is 32.2. The quantitative estimate of drug-likeness (QED) is 0.905. The van der Waals surface area contributed by atoms with E-state index in [0.29, 0.717) is 23.9 Å². The molecule has 3 rings (SSSR count). The Labute approximate surface area is 125 Å². The lowest BCUT2D eigenvalue weighted by molar-refractivity contribution is -0.113. The molecule has 0 saturated heterocycles. The Morgan fingerprint density at radius 3 is 3.05 bits per heavy atom. The first-order valence-electron chi connectivity index (χ1n) is 6.39. The number of amides is 2. The van der Waals surface area contributed by atoms with E-state index in [9.17, 15) is 9.59 Å². The van der Waals surface area contributed by atoms with Crippen molar-refractivity contribution in [1.29, 1.82) is 0 Å². The Morgan fingerprint density at radius 1 is 1.43 bits per heavy atom. The van der Waals surface area contributed by atoms with Crippen LogP contribution in [0.5, 0.6) is 0 Å². The van der Waals surface area contributed by atoms with Gasteiger partial charge in [0.25, 0.3) is 5.91 Å². The van der Waals surface area contributed by atoms with Gasteiger partial charge < -0.3 is 15.1 Å². The van der Waals surface area contributed by atoms with Crippen molar-refractivity contribution in [2.75, 3.05) is 11.1 Å². The minimum atomic E-state index is -0.309. The molecule has 0 aliphatic carbocycles. The highest BCUT2D eigenvalue weighted by molar-refractivity contribution is 8.00. The third-order valence-electron chi connectivity index (χ3n) is 2.93. The summed E-state index contributed by atoms with van der Waals surface area (Å²) in [7, 11) is 0. The van der Waals surface area contributed by atoms with Crippen LogP contribution in [0.15, 0.2) is 33.6 Å². The predicted octanol–water partition coefficient (Wildman–Crippen LogP) is 1.96. The molecule has 0 fully saturated rings. The van der Waals surface area contributed by atoms with Gasteiger partial charge in [0.2, 0.25) is 5.91 Å². The fourth-order valence-electron chi connectivity index (χ4n) is 1.93. The van der Waals surface area contributed by atoms with Crippen molar-refractivity contribution >= 4 is 29.4 Å². The SMILES string of the molecule is Cc1ccc(CNC(=O)c2ccc3c(n2)NC(=O)CS3)o1. The number of hydrogen-bond donors (Lipinski definition) is 2. The van der Waals surface area contributed by atoms with Crippen LogP contribution in [0.1, 0.15) is 22.0 Å². The summed E-state index contributed by atoms with van der Waals surface area (Å²) in [6.07, 6.45) is 0. The maximum Gasteiger partial charge on any atom is 0.270 e. The van der Waals surface area contributed by atoms with Crippen LogP contribution < -0.4 is 10.6 Å². The van der Waals surface area contributed by atoms with Gasteiger partial charge in [-0.2, -0.15) is 0 Å². The molecule has 0 bridgehead atoms. The van der Waals surface area contributed by atoms with Crippen LogP contribution in [-0.4, -0.2) is 22.6 Å². The summed E-state index contributed by atoms with van der Waals surface area (Å²) in [5.74, 6) is 1.88. The Balaban J connectivity index is 1.70. The Morgan fingerprint density at radius 2 is 2.29 bits per heavy atom. The van der Waals surface area contributed by atoms with Crippen molar-refractivity contribution in [2.24, 2.45) is 0 Å². The molecule has 0 saturated carbocycles. The molecule has 2 aromatic rings. The van der Waals surface area contributed by atoms with Gasteiger partial charge in [0.05, 0.1) is 17.2 Å². The monoisotopic (exact) mass is 303 g/mol. The van der Waals surface area contributed by atoms with Gasteiger partial charge >= 0.3 is 0 Å². The second kappa shape index (κ2) is 5.61. The molecule has 0 radical (unpaired) electrons. The number of hydrogen-bond acceptors (Lipinski definition) is 5. The Hall–Kier alpha value is -2.28. The fourth-order valence-corrected chi connectivity index (χ4v) is 2.68. The zero-order chi connectivity index (χ0) is 14.8. The van der Waals surface area contributed by atoms with Crippen LogP contribution >= 0.6 is 11.8 Å². The first kappa shape index (κ1) is 13.7. The standard InChI is InChI=1S/C14H13N3O3S/c1-8-2-3-9(20-8)6-15-14(19)10-4-5-11-13(16-10)17-12(18)7-21-11/h2-5H,6-7H2,1H3,(H,15,19)(H,16,17,18). The number of pyridine rings is 1. The molecule has 0 atom stereocenters. The molecule has 2 amide bonds. The fraction of sp³-hybridized carbons (Fsp3) is 0.214. The van der Waals surface area contributed by atoms with E-state index in [4.69, 9.17) is 4.42 Å². The van der Waals surface area contributed by atoms with Crippen molar-refractivity contribution < 1.29 is 14.0 Å². The van der Waals surface area contributed by atoms with Crippen LogP contribution in [0.3, 0.4) is 0 Å². The summed E-state index contributed by atoms with van der Waals surface area (Å²) in [6.45, 7) is 2.14. The average Bonchev–Trinajstić information content (AvgIpc) is 2.89. The number of nitrogens with one attached hydrogen (secondary N) is 2. The normalized spacial score (nSPS) is 13.5. The number of aryl methyl sites for hydroxylation is 1. The number of carbonyl (C=O) groups excluding carboxylic acids is 2. The molecular formula is C14H13N3O3S. The molecule has 1 aliphatic heterocycles. The lowest BCUT2D eigenvalue weighted by Gasteiger charge is -2.15. The molecule has 1 aliphatic rings. The summed E-state index contributed by atoms with van der Waals surface area (Å²) >= 11 is 1.41. The number of aromatic nitrogens is 1. The summed E-state index contributed by atoms with van der Waals surface area (Å²) in [5.41, 5.74) is 0.264. The largest absolute Gasteiger partial charge is 0.465 e. The van der Waals surface area contributed by atoms with Gasteiger partial charge in [-0.3, -0.25) is 9.59 Å². The first-order chi connectivity index (χ1) is 10.1. The molecule has 0 aromatic carbocycles. The molecule has 7 heteroatoms.